The van der Waals surface area contributed by atoms with E-state index in [0.29, 0.717) is 18.1 Å². The van der Waals surface area contributed by atoms with E-state index in [9.17, 15) is 4.79 Å². The van der Waals surface area contributed by atoms with Crippen LogP contribution in [0.3, 0.4) is 0 Å². The number of fused-ring (bicyclic) bond motifs is 3. The molecule has 1 N–H and O–H groups in total. The number of hydrogen-bond donors (Lipinski definition) is 1. The van der Waals surface area contributed by atoms with Crippen molar-refractivity contribution in [2.24, 2.45) is 5.92 Å². The number of esters is 1. The Bertz CT molecular complexity index is 759. The van der Waals surface area contributed by atoms with Crippen LogP contribution in [-0.4, -0.2) is 19.2 Å². The van der Waals surface area contributed by atoms with Gasteiger partial charge in [0.25, 0.3) is 0 Å². The fourth-order valence-corrected chi connectivity index (χ4v) is 4.00. The van der Waals surface area contributed by atoms with Gasteiger partial charge in [-0.25, -0.2) is 4.79 Å². The minimum absolute atomic E-state index is 0.0181. The Morgan fingerprint density at radius 3 is 2.88 bits per heavy atom. The van der Waals surface area contributed by atoms with E-state index < -0.39 is 0 Å². The van der Waals surface area contributed by atoms with E-state index in [1.54, 1.807) is 0 Å². The average molecular weight is 337 g/mol. The molecule has 0 saturated carbocycles. The second-order valence-corrected chi connectivity index (χ2v) is 6.65. The summed E-state index contributed by atoms with van der Waals surface area (Å²) in [5, 5.41) is 3.68. The Morgan fingerprint density at radius 1 is 1.24 bits per heavy atom. The van der Waals surface area contributed by atoms with Gasteiger partial charge in [-0.15, -0.1) is 0 Å². The summed E-state index contributed by atoms with van der Waals surface area (Å²) in [6.07, 6.45) is 2.20. The first-order valence-corrected chi connectivity index (χ1v) is 9.02. The highest BCUT2D eigenvalue weighted by molar-refractivity contribution is 5.90. The van der Waals surface area contributed by atoms with Crippen LogP contribution in [0.5, 0.6) is 0 Å². The van der Waals surface area contributed by atoms with Crippen LogP contribution < -0.4 is 5.32 Å². The summed E-state index contributed by atoms with van der Waals surface area (Å²) >= 11 is 0. The summed E-state index contributed by atoms with van der Waals surface area (Å²) in [5.74, 6) is 0.0870. The fourth-order valence-electron chi connectivity index (χ4n) is 4.00. The van der Waals surface area contributed by atoms with Gasteiger partial charge < -0.3 is 14.8 Å². The summed E-state index contributed by atoms with van der Waals surface area (Å²) in [4.78, 5) is 12.1. The molecule has 4 heteroatoms. The van der Waals surface area contributed by atoms with Gasteiger partial charge in [0.2, 0.25) is 0 Å². The molecule has 0 amide bonds. The zero-order valence-corrected chi connectivity index (χ0v) is 14.4. The first-order valence-electron chi connectivity index (χ1n) is 9.02. The van der Waals surface area contributed by atoms with Crippen LogP contribution in [0.4, 0.5) is 5.69 Å². The van der Waals surface area contributed by atoms with Crippen LogP contribution in [0.2, 0.25) is 0 Å². The van der Waals surface area contributed by atoms with Crippen molar-refractivity contribution >= 4 is 11.7 Å². The Labute approximate surface area is 148 Å². The molecule has 2 heterocycles. The highest BCUT2D eigenvalue weighted by atomic mass is 16.5. The van der Waals surface area contributed by atoms with Gasteiger partial charge in [0, 0.05) is 23.8 Å². The number of benzene rings is 2. The zero-order chi connectivity index (χ0) is 17.2. The first kappa shape index (κ1) is 16.2. The summed E-state index contributed by atoms with van der Waals surface area (Å²) in [6.45, 7) is 2.97. The summed E-state index contributed by atoms with van der Waals surface area (Å²) < 4.78 is 11.3. The molecule has 0 spiro atoms. The normalized spacial score (nSPS) is 24.6. The molecule has 4 rings (SSSR count). The van der Waals surface area contributed by atoms with Gasteiger partial charge in [0.1, 0.15) is 0 Å². The van der Waals surface area contributed by atoms with Gasteiger partial charge in [0.15, 0.2) is 0 Å². The topological polar surface area (TPSA) is 47.6 Å². The van der Waals surface area contributed by atoms with Gasteiger partial charge >= 0.3 is 5.97 Å². The molecule has 0 bridgehead atoms. The molecule has 130 valence electrons. The van der Waals surface area contributed by atoms with Crippen molar-refractivity contribution < 1.29 is 14.3 Å². The third kappa shape index (κ3) is 3.02. The number of hydrogen-bond acceptors (Lipinski definition) is 4. The van der Waals surface area contributed by atoms with Crippen molar-refractivity contribution in [1.29, 1.82) is 0 Å². The van der Waals surface area contributed by atoms with E-state index in [0.717, 1.165) is 30.7 Å². The quantitative estimate of drug-likeness (QED) is 0.838. The Morgan fingerprint density at radius 2 is 2.08 bits per heavy atom. The monoisotopic (exact) mass is 337 g/mol. The molecule has 2 aromatic carbocycles. The lowest BCUT2D eigenvalue weighted by molar-refractivity contribution is -0.0381. The molecule has 3 atom stereocenters. The number of anilines is 1. The SMILES string of the molecule is CCOC(=O)c1ccc2c(c1)[C@H]1OCCC[C@H]1[C@H](c1ccccc1)N2. The highest BCUT2D eigenvalue weighted by Gasteiger charge is 2.40. The second-order valence-electron chi connectivity index (χ2n) is 6.65. The molecule has 0 aliphatic carbocycles. The Balaban J connectivity index is 1.72. The van der Waals surface area contributed by atoms with E-state index in [2.05, 4.69) is 29.6 Å². The molecule has 0 unspecified atom stereocenters. The van der Waals surface area contributed by atoms with Crippen LogP contribution in [0.25, 0.3) is 0 Å². The third-order valence-corrected chi connectivity index (χ3v) is 5.14. The molecular formula is C21H23NO3. The second kappa shape index (κ2) is 6.89. The summed E-state index contributed by atoms with van der Waals surface area (Å²) in [5.41, 5.74) is 3.99. The third-order valence-electron chi connectivity index (χ3n) is 5.14. The van der Waals surface area contributed by atoms with Crippen molar-refractivity contribution in [3.05, 3.63) is 65.2 Å². The van der Waals surface area contributed by atoms with Crippen molar-refractivity contribution in [2.75, 3.05) is 18.5 Å². The molecule has 2 aromatic rings. The lowest BCUT2D eigenvalue weighted by Crippen LogP contribution is -2.36. The van der Waals surface area contributed by atoms with E-state index in [1.165, 1.54) is 5.56 Å². The van der Waals surface area contributed by atoms with Crippen LogP contribution in [0, 0.1) is 5.92 Å². The zero-order valence-electron chi connectivity index (χ0n) is 14.4. The van der Waals surface area contributed by atoms with E-state index in [-0.39, 0.29) is 18.1 Å². The van der Waals surface area contributed by atoms with Crippen LogP contribution in [-0.2, 0) is 9.47 Å². The maximum absolute atomic E-state index is 12.1. The van der Waals surface area contributed by atoms with Crippen molar-refractivity contribution in [1.82, 2.24) is 0 Å². The Kier molecular flexibility index (Phi) is 4.45. The first-order chi connectivity index (χ1) is 12.3. The molecule has 2 aliphatic rings. The summed E-state index contributed by atoms with van der Waals surface area (Å²) in [6, 6.07) is 16.5. The summed E-state index contributed by atoms with van der Waals surface area (Å²) in [7, 11) is 0. The van der Waals surface area contributed by atoms with Gasteiger partial charge in [-0.2, -0.15) is 0 Å². The van der Waals surface area contributed by atoms with E-state index in [1.807, 2.05) is 31.2 Å². The molecule has 0 aromatic heterocycles. The van der Waals surface area contributed by atoms with Crippen LogP contribution in [0.15, 0.2) is 48.5 Å². The molecule has 2 aliphatic heterocycles. The molecule has 0 radical (unpaired) electrons. The molecule has 1 fully saturated rings. The van der Waals surface area contributed by atoms with Gasteiger partial charge in [-0.1, -0.05) is 30.3 Å². The maximum atomic E-state index is 12.1. The standard InChI is InChI=1S/C21H23NO3/c1-2-24-21(23)15-10-11-18-17(13-15)20-16(9-6-12-25-20)19(22-18)14-7-4-3-5-8-14/h3-5,7-8,10-11,13,16,19-20,22H,2,6,9,12H2,1H3/t16-,19-,20-/m0/s1. The number of ether oxygens (including phenoxy) is 2. The maximum Gasteiger partial charge on any atom is 0.338 e. The van der Waals surface area contributed by atoms with E-state index in [4.69, 9.17) is 9.47 Å². The lowest BCUT2D eigenvalue weighted by Gasteiger charge is -2.43. The van der Waals surface area contributed by atoms with E-state index >= 15 is 0 Å². The number of carbonyl (C=O) groups excluding carboxylic acids is 1. The minimum Gasteiger partial charge on any atom is -0.462 e. The van der Waals surface area contributed by atoms with Crippen molar-refractivity contribution in [3.8, 4) is 0 Å². The Hall–Kier alpha value is -2.33. The van der Waals surface area contributed by atoms with Gasteiger partial charge in [-0.05, 0) is 43.5 Å². The molecule has 1 saturated heterocycles. The van der Waals surface area contributed by atoms with Gasteiger partial charge in [-0.3, -0.25) is 0 Å². The molecular weight excluding hydrogens is 314 g/mol. The van der Waals surface area contributed by atoms with Crippen molar-refractivity contribution in [2.45, 2.75) is 31.9 Å². The average Bonchev–Trinajstić information content (AvgIpc) is 2.68. The van der Waals surface area contributed by atoms with Crippen molar-refractivity contribution in [3.63, 3.8) is 0 Å². The predicted molar refractivity (Wildman–Crippen MR) is 96.6 cm³/mol. The fraction of sp³-hybridized carbons (Fsp3) is 0.381. The largest absolute Gasteiger partial charge is 0.462 e. The minimum atomic E-state index is -0.275. The lowest BCUT2D eigenvalue weighted by atomic mass is 9.77. The predicted octanol–water partition coefficient (Wildman–Crippen LogP) is 4.50. The van der Waals surface area contributed by atoms with Gasteiger partial charge in [0.05, 0.1) is 24.3 Å². The van der Waals surface area contributed by atoms with Crippen LogP contribution >= 0.6 is 0 Å². The number of nitrogens with one attached hydrogen (secondary N) is 1. The number of rotatable bonds is 3. The smallest absolute Gasteiger partial charge is 0.338 e. The number of carbonyl (C=O) groups is 1. The molecule has 4 nitrogen and oxygen atoms in total. The highest BCUT2D eigenvalue weighted by Crippen LogP contribution is 2.49. The van der Waals surface area contributed by atoms with Crippen LogP contribution in [0.1, 0.15) is 53.4 Å². The molecule has 25 heavy (non-hydrogen) atoms.